The number of azo groups is 3. The minimum atomic E-state index is -4.61. The summed E-state index contributed by atoms with van der Waals surface area (Å²) >= 11 is 0. The maximum absolute atomic E-state index is 12.0. The van der Waals surface area contributed by atoms with E-state index in [0.29, 0.717) is 39.1 Å². The Kier molecular flexibility index (Phi) is 12.7. The van der Waals surface area contributed by atoms with Gasteiger partial charge in [0.05, 0.1) is 36.5 Å². The molecule has 6 rings (SSSR count). The molecular formula is C41H39N7O9S2. The van der Waals surface area contributed by atoms with Crippen LogP contribution in [0.5, 0.6) is 17.2 Å². The Labute approximate surface area is 340 Å². The highest BCUT2D eigenvalue weighted by molar-refractivity contribution is 7.86. The zero-order valence-electron chi connectivity index (χ0n) is 32.2. The third-order valence-corrected chi connectivity index (χ3v) is 10.6. The van der Waals surface area contributed by atoms with E-state index < -0.39 is 30.9 Å². The molecule has 59 heavy (non-hydrogen) atoms. The second-order valence-corrected chi connectivity index (χ2v) is 16.3. The fourth-order valence-corrected chi connectivity index (χ4v) is 6.89. The van der Waals surface area contributed by atoms with Crippen LogP contribution < -0.4 is 14.8 Å². The first-order valence-corrected chi connectivity index (χ1v) is 21.0. The number of ether oxygens (including phenoxy) is 2. The van der Waals surface area contributed by atoms with Crippen LogP contribution in [0.2, 0.25) is 0 Å². The van der Waals surface area contributed by atoms with Crippen LogP contribution >= 0.6 is 0 Å². The number of rotatable bonds is 15. The molecule has 0 aliphatic carbocycles. The summed E-state index contributed by atoms with van der Waals surface area (Å²) in [7, 11) is -7.46. The Morgan fingerprint density at radius 2 is 1.19 bits per heavy atom. The lowest BCUT2D eigenvalue weighted by Crippen LogP contribution is -2.08. The average Bonchev–Trinajstić information content (AvgIpc) is 3.19. The molecule has 0 bridgehead atoms. The van der Waals surface area contributed by atoms with Crippen molar-refractivity contribution in [2.75, 3.05) is 24.8 Å². The number of benzene rings is 6. The number of methoxy groups -OCH3 is 1. The molecule has 6 aromatic carbocycles. The maximum atomic E-state index is 12.0. The summed E-state index contributed by atoms with van der Waals surface area (Å²) in [6.45, 7) is 5.25. The molecule has 6 aromatic rings. The number of phenols is 1. The number of hydrogen-bond acceptors (Lipinski definition) is 14. The molecule has 0 saturated heterocycles. The Balaban J connectivity index is 1.26. The van der Waals surface area contributed by atoms with E-state index in [1.165, 1.54) is 19.2 Å². The highest BCUT2D eigenvalue weighted by atomic mass is 32.2. The van der Waals surface area contributed by atoms with E-state index in [0.717, 1.165) is 22.8 Å². The van der Waals surface area contributed by atoms with Gasteiger partial charge in [0.15, 0.2) is 5.75 Å². The first-order valence-electron chi connectivity index (χ1n) is 17.9. The number of para-hydroxylation sites is 1. The van der Waals surface area contributed by atoms with Crippen LogP contribution in [0.3, 0.4) is 0 Å². The van der Waals surface area contributed by atoms with Crippen LogP contribution in [0, 0.1) is 20.8 Å². The van der Waals surface area contributed by atoms with Gasteiger partial charge in [0.25, 0.3) is 20.2 Å². The second kappa shape index (κ2) is 17.9. The minimum Gasteiger partial charge on any atom is -0.505 e. The molecule has 0 aromatic heterocycles. The summed E-state index contributed by atoms with van der Waals surface area (Å²) in [5.74, 6) is -0.160. The minimum absolute atomic E-state index is 0.00945. The van der Waals surface area contributed by atoms with E-state index in [1.54, 1.807) is 57.2 Å². The number of nitrogens with one attached hydrogen (secondary N) is 1. The highest BCUT2D eigenvalue weighted by Crippen LogP contribution is 2.41. The molecule has 0 radical (unpaired) electrons. The first kappa shape index (κ1) is 42.0. The van der Waals surface area contributed by atoms with Crippen molar-refractivity contribution in [1.29, 1.82) is 0 Å². The lowest BCUT2D eigenvalue weighted by molar-refractivity contribution is 0.317. The van der Waals surface area contributed by atoms with E-state index in [2.05, 4.69) is 36.0 Å². The van der Waals surface area contributed by atoms with Crippen molar-refractivity contribution in [1.82, 2.24) is 0 Å². The van der Waals surface area contributed by atoms with E-state index in [4.69, 9.17) is 9.47 Å². The average molecular weight is 838 g/mol. The van der Waals surface area contributed by atoms with Gasteiger partial charge in [-0.3, -0.25) is 9.11 Å². The molecule has 0 unspecified atom stereocenters. The maximum Gasteiger partial charge on any atom is 0.296 e. The van der Waals surface area contributed by atoms with Crippen LogP contribution in [0.25, 0.3) is 10.8 Å². The van der Waals surface area contributed by atoms with Crippen LogP contribution in [0.1, 0.15) is 23.1 Å². The van der Waals surface area contributed by atoms with E-state index >= 15 is 0 Å². The summed E-state index contributed by atoms with van der Waals surface area (Å²) in [5, 5.41) is 41.7. The molecule has 304 valence electrons. The molecule has 0 spiro atoms. The lowest BCUT2D eigenvalue weighted by Gasteiger charge is -2.11. The summed E-state index contributed by atoms with van der Waals surface area (Å²) < 4.78 is 76.4. The van der Waals surface area contributed by atoms with Gasteiger partial charge in [-0.1, -0.05) is 24.3 Å². The van der Waals surface area contributed by atoms with Gasteiger partial charge in [-0.15, -0.1) is 15.3 Å². The molecule has 18 heteroatoms. The molecule has 4 N–H and O–H groups in total. The van der Waals surface area contributed by atoms with E-state index in [9.17, 15) is 31.0 Å². The summed E-state index contributed by atoms with van der Waals surface area (Å²) in [5.41, 5.74) is 5.44. The Morgan fingerprint density at radius 1 is 0.610 bits per heavy atom. The van der Waals surface area contributed by atoms with Crippen molar-refractivity contribution >= 4 is 76.5 Å². The lowest BCUT2D eigenvalue weighted by atomic mass is 10.1. The van der Waals surface area contributed by atoms with Crippen LogP contribution in [0.15, 0.2) is 139 Å². The summed E-state index contributed by atoms with van der Waals surface area (Å²) in [4.78, 5) is -0.455. The number of anilines is 2. The van der Waals surface area contributed by atoms with Crippen molar-refractivity contribution in [3.8, 4) is 17.2 Å². The van der Waals surface area contributed by atoms with Crippen molar-refractivity contribution < 1.29 is 40.5 Å². The smallest absolute Gasteiger partial charge is 0.296 e. The number of aromatic hydroxyl groups is 1. The topological polar surface area (TPSA) is 234 Å². The van der Waals surface area contributed by atoms with E-state index in [1.807, 2.05) is 48.5 Å². The summed E-state index contributed by atoms with van der Waals surface area (Å²) in [6.07, 6.45) is -0.00945. The SMILES string of the molecule is COc1ccc(N=Nc2cc(C)c(N=Nc3cc(OCCCS(=O)(=O)O)c(N=Nc4ccc5cc(Nc6ccccc6)ccc5c4O)cc3C)cc2C)c(S(=O)(=O)O)c1. The molecule has 0 aliphatic rings. The zero-order valence-corrected chi connectivity index (χ0v) is 33.9. The molecule has 0 atom stereocenters. The zero-order chi connectivity index (χ0) is 42.3. The van der Waals surface area contributed by atoms with Crippen LogP contribution in [0.4, 0.5) is 45.5 Å². The van der Waals surface area contributed by atoms with Gasteiger partial charge in [0.2, 0.25) is 0 Å². The monoisotopic (exact) mass is 837 g/mol. The fraction of sp³-hybridized carbons (Fsp3) is 0.171. The number of phenolic OH excluding ortho intramolecular Hbond substituents is 1. The van der Waals surface area contributed by atoms with Gasteiger partial charge in [0, 0.05) is 28.9 Å². The molecule has 0 heterocycles. The predicted molar refractivity (Wildman–Crippen MR) is 224 cm³/mol. The van der Waals surface area contributed by atoms with Crippen LogP contribution in [-0.2, 0) is 20.2 Å². The van der Waals surface area contributed by atoms with E-state index in [-0.39, 0.29) is 47.3 Å². The molecule has 0 aliphatic heterocycles. The molecule has 0 saturated carbocycles. The Hall–Kier alpha value is -6.60. The largest absolute Gasteiger partial charge is 0.505 e. The number of nitrogens with zero attached hydrogens (tertiary/aromatic N) is 6. The van der Waals surface area contributed by atoms with Crippen molar-refractivity contribution in [2.45, 2.75) is 32.1 Å². The molecule has 0 amide bonds. The van der Waals surface area contributed by atoms with Gasteiger partial charge in [-0.25, -0.2) is 0 Å². The van der Waals surface area contributed by atoms with Crippen molar-refractivity contribution in [3.05, 3.63) is 120 Å². The van der Waals surface area contributed by atoms with Gasteiger partial charge in [-0.05, 0) is 116 Å². The normalized spacial score (nSPS) is 12.2. The van der Waals surface area contributed by atoms with Gasteiger partial charge >= 0.3 is 0 Å². The highest BCUT2D eigenvalue weighted by Gasteiger charge is 2.18. The third kappa shape index (κ3) is 10.9. The Morgan fingerprint density at radius 3 is 1.81 bits per heavy atom. The van der Waals surface area contributed by atoms with Gasteiger partial charge < -0.3 is 19.9 Å². The summed E-state index contributed by atoms with van der Waals surface area (Å²) in [6, 6.07) is 29.4. The first-order chi connectivity index (χ1) is 28.1. The number of hydrogen-bond donors (Lipinski definition) is 4. The van der Waals surface area contributed by atoms with Crippen LogP contribution in [-0.4, -0.2) is 50.5 Å². The second-order valence-electron chi connectivity index (χ2n) is 13.3. The standard InChI is InChI=1S/C41H39N7O9S2/c1-25-20-36(26(2)19-35(25)45-43-33-16-13-31(56-4)23-40(33)59(53,54)55)46-47-37-24-39(57-17-8-18-58(50,51)52)38(21-27(37)3)48-44-34-15-11-28-22-30(12-14-32(28)41(34)49)42-29-9-6-5-7-10-29/h5-7,9-16,19-24,42,49H,8,17-18H2,1-4H3,(H,50,51,52)(H,53,54,55). The fourth-order valence-electron chi connectivity index (χ4n) is 5.77. The Bertz CT molecular complexity index is 2850. The molecular weight excluding hydrogens is 799 g/mol. The quantitative estimate of drug-likeness (QED) is 0.0434. The third-order valence-electron chi connectivity index (χ3n) is 8.87. The molecule has 0 fully saturated rings. The number of fused-ring (bicyclic) bond motifs is 1. The number of aryl methyl sites for hydroxylation is 3. The van der Waals surface area contributed by atoms with Gasteiger partial charge in [-0.2, -0.15) is 32.2 Å². The van der Waals surface area contributed by atoms with Crippen molar-refractivity contribution in [2.24, 2.45) is 30.7 Å². The van der Waals surface area contributed by atoms with Crippen molar-refractivity contribution in [3.63, 3.8) is 0 Å². The molecule has 16 nitrogen and oxygen atoms in total. The van der Waals surface area contributed by atoms with Gasteiger partial charge in [0.1, 0.15) is 33.5 Å². The predicted octanol–water partition coefficient (Wildman–Crippen LogP) is 11.4.